The fourth-order valence-electron chi connectivity index (χ4n) is 2.18. The molecule has 1 unspecified atom stereocenters. The molecule has 0 radical (unpaired) electrons. The Labute approximate surface area is 122 Å². The second-order valence-corrected chi connectivity index (χ2v) is 7.43. The summed E-state index contributed by atoms with van der Waals surface area (Å²) in [5, 5.41) is 2.11. The minimum absolute atomic E-state index is 0.0715. The summed E-state index contributed by atoms with van der Waals surface area (Å²) in [7, 11) is 0. The maximum atomic E-state index is 6.33. The molecule has 2 nitrogen and oxygen atoms in total. The van der Waals surface area contributed by atoms with E-state index < -0.39 is 0 Å². The topological polar surface area (TPSA) is 35.2 Å². The van der Waals surface area contributed by atoms with Crippen molar-refractivity contribution in [1.29, 1.82) is 0 Å². The average Bonchev–Trinajstić information content (AvgIpc) is 2.86. The Morgan fingerprint density at radius 1 is 1.26 bits per heavy atom. The van der Waals surface area contributed by atoms with Gasteiger partial charge in [-0.3, -0.25) is 0 Å². The van der Waals surface area contributed by atoms with Gasteiger partial charge in [-0.05, 0) is 36.1 Å². The molecule has 0 aliphatic heterocycles. The molecule has 110 valence electrons. The van der Waals surface area contributed by atoms with E-state index in [1.165, 1.54) is 4.88 Å². The van der Waals surface area contributed by atoms with Crippen molar-refractivity contribution < 1.29 is 4.74 Å². The van der Waals surface area contributed by atoms with Crippen LogP contribution in [0.1, 0.15) is 64.9 Å². The highest BCUT2D eigenvalue weighted by Crippen LogP contribution is 2.38. The minimum atomic E-state index is -0.0715. The Kier molecular flexibility index (Phi) is 6.03. The van der Waals surface area contributed by atoms with E-state index in [1.54, 1.807) is 11.3 Å². The zero-order valence-electron chi connectivity index (χ0n) is 13.0. The number of hydrogen-bond donors (Lipinski definition) is 1. The predicted molar refractivity (Wildman–Crippen MR) is 84.6 cm³/mol. The van der Waals surface area contributed by atoms with Gasteiger partial charge in [0.15, 0.2) is 0 Å². The van der Waals surface area contributed by atoms with Gasteiger partial charge in [-0.1, -0.05) is 40.7 Å². The van der Waals surface area contributed by atoms with Crippen LogP contribution in [-0.4, -0.2) is 12.1 Å². The van der Waals surface area contributed by atoms with Crippen LogP contribution in [0.5, 0.6) is 0 Å². The average molecular weight is 283 g/mol. The lowest BCUT2D eigenvalue weighted by molar-refractivity contribution is -0.0249. The summed E-state index contributed by atoms with van der Waals surface area (Å²) in [6.45, 7) is 11.7. The Morgan fingerprint density at radius 3 is 2.32 bits per heavy atom. The van der Waals surface area contributed by atoms with Crippen LogP contribution in [0.25, 0.3) is 0 Å². The van der Waals surface area contributed by atoms with Gasteiger partial charge in [0.25, 0.3) is 0 Å². The summed E-state index contributed by atoms with van der Waals surface area (Å²) in [5.74, 6) is 0. The number of nitrogens with two attached hydrogens (primary N) is 1. The molecule has 0 aliphatic rings. The van der Waals surface area contributed by atoms with Crippen LogP contribution in [0.3, 0.4) is 0 Å². The van der Waals surface area contributed by atoms with Gasteiger partial charge < -0.3 is 10.5 Å². The van der Waals surface area contributed by atoms with Gasteiger partial charge in [-0.2, -0.15) is 0 Å². The standard InChI is InChI=1S/C16H29NOS/c1-6-16(17,7-2)10-11-18-14(15(3,4)5)13-9-8-12-19-13/h8-9,12,14H,6-7,10-11,17H2,1-5H3. The van der Waals surface area contributed by atoms with E-state index in [0.29, 0.717) is 0 Å². The Morgan fingerprint density at radius 2 is 1.89 bits per heavy atom. The molecule has 0 aromatic carbocycles. The first-order chi connectivity index (χ1) is 8.82. The van der Waals surface area contributed by atoms with Gasteiger partial charge in [0.1, 0.15) is 0 Å². The van der Waals surface area contributed by atoms with Crippen LogP contribution in [0.4, 0.5) is 0 Å². The number of rotatable bonds is 7. The van der Waals surface area contributed by atoms with Crippen LogP contribution >= 0.6 is 11.3 Å². The second-order valence-electron chi connectivity index (χ2n) is 6.45. The van der Waals surface area contributed by atoms with Crippen molar-refractivity contribution in [3.63, 3.8) is 0 Å². The van der Waals surface area contributed by atoms with Crippen LogP contribution < -0.4 is 5.73 Å². The van der Waals surface area contributed by atoms with Crippen molar-refractivity contribution in [2.75, 3.05) is 6.61 Å². The molecule has 0 amide bonds. The summed E-state index contributed by atoms with van der Waals surface area (Å²) < 4.78 is 6.18. The fraction of sp³-hybridized carbons (Fsp3) is 0.750. The third-order valence-electron chi connectivity index (χ3n) is 3.88. The molecule has 2 N–H and O–H groups in total. The van der Waals surface area contributed by atoms with Gasteiger partial charge in [0.2, 0.25) is 0 Å². The molecule has 0 fully saturated rings. The number of thiophene rings is 1. The highest BCUT2D eigenvalue weighted by molar-refractivity contribution is 7.10. The van der Waals surface area contributed by atoms with E-state index in [9.17, 15) is 0 Å². The van der Waals surface area contributed by atoms with Crippen molar-refractivity contribution in [3.05, 3.63) is 22.4 Å². The Balaban J connectivity index is 2.61. The molecule has 1 aromatic rings. The lowest BCUT2D eigenvalue weighted by atomic mass is 9.87. The van der Waals surface area contributed by atoms with Crippen LogP contribution in [0, 0.1) is 5.41 Å². The van der Waals surface area contributed by atoms with Gasteiger partial charge in [0, 0.05) is 17.0 Å². The third-order valence-corrected chi connectivity index (χ3v) is 4.80. The largest absolute Gasteiger partial charge is 0.372 e. The molecule has 1 atom stereocenters. The first kappa shape index (κ1) is 16.7. The molecule has 1 heterocycles. The molecule has 0 saturated carbocycles. The third kappa shape index (κ3) is 4.90. The SMILES string of the molecule is CCC(N)(CC)CCOC(c1cccs1)C(C)(C)C. The quantitative estimate of drug-likeness (QED) is 0.783. The predicted octanol–water partition coefficient (Wildman–Crippen LogP) is 4.76. The van der Waals surface area contributed by atoms with E-state index in [-0.39, 0.29) is 17.1 Å². The van der Waals surface area contributed by atoms with Crippen molar-refractivity contribution >= 4 is 11.3 Å². The van der Waals surface area contributed by atoms with E-state index in [4.69, 9.17) is 10.5 Å². The van der Waals surface area contributed by atoms with Gasteiger partial charge in [-0.15, -0.1) is 11.3 Å². The highest BCUT2D eigenvalue weighted by atomic mass is 32.1. The summed E-state index contributed by atoms with van der Waals surface area (Å²) in [6, 6.07) is 4.25. The van der Waals surface area contributed by atoms with Gasteiger partial charge >= 0.3 is 0 Å². The van der Waals surface area contributed by atoms with Crippen molar-refractivity contribution in [2.45, 2.75) is 65.5 Å². The number of ether oxygens (including phenoxy) is 1. The maximum absolute atomic E-state index is 6.33. The van der Waals surface area contributed by atoms with E-state index in [0.717, 1.165) is 25.9 Å². The highest BCUT2D eigenvalue weighted by Gasteiger charge is 2.29. The zero-order valence-corrected chi connectivity index (χ0v) is 13.8. The first-order valence-corrected chi connectivity index (χ1v) is 8.14. The monoisotopic (exact) mass is 283 g/mol. The summed E-state index contributed by atoms with van der Waals surface area (Å²) in [4.78, 5) is 1.31. The molecular formula is C16H29NOS. The lowest BCUT2D eigenvalue weighted by Crippen LogP contribution is -2.39. The van der Waals surface area contributed by atoms with E-state index in [2.05, 4.69) is 52.1 Å². The molecule has 1 aromatic heterocycles. The first-order valence-electron chi connectivity index (χ1n) is 7.26. The molecule has 1 rings (SSSR count). The molecule has 0 spiro atoms. The van der Waals surface area contributed by atoms with E-state index in [1.807, 2.05) is 0 Å². The Bertz CT molecular complexity index is 349. The van der Waals surface area contributed by atoms with E-state index >= 15 is 0 Å². The minimum Gasteiger partial charge on any atom is -0.372 e. The van der Waals surface area contributed by atoms with Crippen molar-refractivity contribution in [2.24, 2.45) is 11.1 Å². The summed E-state index contributed by atoms with van der Waals surface area (Å²) in [5.41, 5.74) is 6.37. The molecule has 0 saturated heterocycles. The van der Waals surface area contributed by atoms with Gasteiger partial charge in [0.05, 0.1) is 6.10 Å². The normalized spacial score (nSPS) is 14.6. The fourth-order valence-corrected chi connectivity index (χ4v) is 3.20. The molecular weight excluding hydrogens is 254 g/mol. The van der Waals surface area contributed by atoms with Gasteiger partial charge in [-0.25, -0.2) is 0 Å². The van der Waals surface area contributed by atoms with Crippen molar-refractivity contribution in [3.8, 4) is 0 Å². The molecule has 0 aliphatic carbocycles. The zero-order chi connectivity index (χ0) is 14.5. The van der Waals surface area contributed by atoms with Crippen LogP contribution in [0.15, 0.2) is 17.5 Å². The maximum Gasteiger partial charge on any atom is 0.0964 e. The molecule has 0 bridgehead atoms. The molecule has 19 heavy (non-hydrogen) atoms. The lowest BCUT2D eigenvalue weighted by Gasteiger charge is -2.32. The Hall–Kier alpha value is -0.380. The number of hydrogen-bond acceptors (Lipinski definition) is 3. The molecule has 3 heteroatoms. The summed E-state index contributed by atoms with van der Waals surface area (Å²) in [6.07, 6.45) is 3.10. The smallest absolute Gasteiger partial charge is 0.0964 e. The van der Waals surface area contributed by atoms with Crippen LogP contribution in [-0.2, 0) is 4.74 Å². The van der Waals surface area contributed by atoms with Crippen LogP contribution in [0.2, 0.25) is 0 Å². The second kappa shape index (κ2) is 6.87. The summed E-state index contributed by atoms with van der Waals surface area (Å²) >= 11 is 1.77. The van der Waals surface area contributed by atoms with Crippen molar-refractivity contribution in [1.82, 2.24) is 0 Å².